The summed E-state index contributed by atoms with van der Waals surface area (Å²) in [6.45, 7) is 2.84. The standard InChI is InChI=1S/C14H13BrN2O2S2/c1-8-13(18)16-6-7-17(8)14(19)11-3-2-9(20-11)10-4-5-12(15)21-10/h2-5,8H,6-7H2,1H3,(H,16,18)/t8-/m1/s1. The lowest BCUT2D eigenvalue weighted by atomic mass is 10.2. The quantitative estimate of drug-likeness (QED) is 0.863. The third-order valence-electron chi connectivity index (χ3n) is 3.39. The largest absolute Gasteiger partial charge is 0.353 e. The highest BCUT2D eigenvalue weighted by atomic mass is 79.9. The number of hydrogen-bond acceptors (Lipinski definition) is 4. The molecule has 2 amide bonds. The first-order valence-corrected chi connectivity index (χ1v) is 8.93. The van der Waals surface area contributed by atoms with Crippen molar-refractivity contribution in [3.8, 4) is 9.75 Å². The molecule has 0 aliphatic carbocycles. The molecule has 1 saturated heterocycles. The van der Waals surface area contributed by atoms with Crippen molar-refractivity contribution in [1.29, 1.82) is 0 Å². The van der Waals surface area contributed by atoms with Gasteiger partial charge in [-0.1, -0.05) is 0 Å². The predicted molar refractivity (Wildman–Crippen MR) is 88.8 cm³/mol. The van der Waals surface area contributed by atoms with Gasteiger partial charge in [0.05, 0.1) is 8.66 Å². The minimum atomic E-state index is -0.410. The Balaban J connectivity index is 1.82. The van der Waals surface area contributed by atoms with E-state index in [9.17, 15) is 9.59 Å². The van der Waals surface area contributed by atoms with Crippen molar-refractivity contribution in [1.82, 2.24) is 10.2 Å². The van der Waals surface area contributed by atoms with E-state index in [0.717, 1.165) is 13.5 Å². The number of carbonyl (C=O) groups is 2. The molecule has 4 nitrogen and oxygen atoms in total. The van der Waals surface area contributed by atoms with Crippen molar-refractivity contribution in [2.45, 2.75) is 13.0 Å². The molecule has 0 bridgehead atoms. The third-order valence-corrected chi connectivity index (χ3v) is 6.29. The molecule has 3 rings (SSSR count). The Bertz CT molecular complexity index is 695. The number of amides is 2. The molecular formula is C14H13BrN2O2S2. The van der Waals surface area contributed by atoms with E-state index in [0.29, 0.717) is 18.0 Å². The summed E-state index contributed by atoms with van der Waals surface area (Å²) in [7, 11) is 0. The van der Waals surface area contributed by atoms with E-state index in [1.165, 1.54) is 11.3 Å². The second kappa shape index (κ2) is 5.90. The van der Waals surface area contributed by atoms with E-state index >= 15 is 0 Å². The molecule has 0 radical (unpaired) electrons. The lowest BCUT2D eigenvalue weighted by Crippen LogP contribution is -2.55. The molecule has 2 aromatic rings. The Morgan fingerprint density at radius 2 is 2.00 bits per heavy atom. The molecular weight excluding hydrogens is 372 g/mol. The van der Waals surface area contributed by atoms with Crippen LogP contribution in [0.4, 0.5) is 0 Å². The smallest absolute Gasteiger partial charge is 0.264 e. The van der Waals surface area contributed by atoms with Gasteiger partial charge >= 0.3 is 0 Å². The van der Waals surface area contributed by atoms with E-state index < -0.39 is 6.04 Å². The van der Waals surface area contributed by atoms with Crippen molar-refractivity contribution in [3.05, 3.63) is 32.9 Å². The highest BCUT2D eigenvalue weighted by Crippen LogP contribution is 2.36. The first-order valence-electron chi connectivity index (χ1n) is 6.50. The molecule has 110 valence electrons. The van der Waals surface area contributed by atoms with Gasteiger partial charge in [-0.3, -0.25) is 9.59 Å². The van der Waals surface area contributed by atoms with Crippen LogP contribution in [0.3, 0.4) is 0 Å². The maximum absolute atomic E-state index is 12.6. The second-order valence-electron chi connectivity index (χ2n) is 4.73. The summed E-state index contributed by atoms with van der Waals surface area (Å²) in [5.74, 6) is -0.155. The summed E-state index contributed by atoms with van der Waals surface area (Å²) in [5, 5.41) is 2.77. The molecule has 2 aromatic heterocycles. The first kappa shape index (κ1) is 14.7. The molecule has 0 spiro atoms. The van der Waals surface area contributed by atoms with E-state index in [1.54, 1.807) is 23.2 Å². The molecule has 21 heavy (non-hydrogen) atoms. The van der Waals surface area contributed by atoms with Gasteiger partial charge in [-0.05, 0) is 47.1 Å². The van der Waals surface area contributed by atoms with Crippen LogP contribution in [-0.4, -0.2) is 35.8 Å². The van der Waals surface area contributed by atoms with Gasteiger partial charge in [0.25, 0.3) is 5.91 Å². The summed E-state index contributed by atoms with van der Waals surface area (Å²) in [4.78, 5) is 28.7. The number of carbonyl (C=O) groups excluding carboxylic acids is 2. The molecule has 1 atom stereocenters. The highest BCUT2D eigenvalue weighted by molar-refractivity contribution is 9.11. The fourth-order valence-electron chi connectivity index (χ4n) is 2.23. The molecule has 7 heteroatoms. The predicted octanol–water partition coefficient (Wildman–Crippen LogP) is 3.20. The van der Waals surface area contributed by atoms with Gasteiger partial charge in [-0.15, -0.1) is 22.7 Å². The van der Waals surface area contributed by atoms with Gasteiger partial charge in [-0.2, -0.15) is 0 Å². The minimum absolute atomic E-state index is 0.0655. The third kappa shape index (κ3) is 2.90. The van der Waals surface area contributed by atoms with Gasteiger partial charge in [0.15, 0.2) is 0 Å². The number of nitrogens with one attached hydrogen (secondary N) is 1. The van der Waals surface area contributed by atoms with Crippen LogP contribution in [0, 0.1) is 0 Å². The van der Waals surface area contributed by atoms with Crippen molar-refractivity contribution in [3.63, 3.8) is 0 Å². The molecule has 1 N–H and O–H groups in total. The Morgan fingerprint density at radius 3 is 2.71 bits per heavy atom. The van der Waals surface area contributed by atoms with E-state index in [4.69, 9.17) is 0 Å². The summed E-state index contributed by atoms with van der Waals surface area (Å²) in [6, 6.07) is 7.43. The Labute approximate surface area is 138 Å². The molecule has 3 heterocycles. The van der Waals surface area contributed by atoms with Crippen molar-refractivity contribution in [2.24, 2.45) is 0 Å². The maximum Gasteiger partial charge on any atom is 0.264 e. The zero-order valence-corrected chi connectivity index (χ0v) is 14.5. The summed E-state index contributed by atoms with van der Waals surface area (Å²) >= 11 is 6.56. The number of nitrogens with zero attached hydrogens (tertiary/aromatic N) is 1. The number of hydrogen-bond donors (Lipinski definition) is 1. The van der Waals surface area contributed by atoms with Crippen LogP contribution in [-0.2, 0) is 4.79 Å². The van der Waals surface area contributed by atoms with Crippen molar-refractivity contribution in [2.75, 3.05) is 13.1 Å². The topological polar surface area (TPSA) is 49.4 Å². The molecule has 0 saturated carbocycles. The summed E-state index contributed by atoms with van der Waals surface area (Å²) in [5.41, 5.74) is 0. The number of halogens is 1. The molecule has 1 fully saturated rings. The zero-order chi connectivity index (χ0) is 15.0. The Morgan fingerprint density at radius 1 is 1.29 bits per heavy atom. The lowest BCUT2D eigenvalue weighted by Gasteiger charge is -2.32. The van der Waals surface area contributed by atoms with E-state index in [-0.39, 0.29) is 11.8 Å². The number of rotatable bonds is 2. The van der Waals surface area contributed by atoms with Gasteiger partial charge in [0, 0.05) is 22.8 Å². The van der Waals surface area contributed by atoms with E-state index in [1.807, 2.05) is 24.3 Å². The van der Waals surface area contributed by atoms with Gasteiger partial charge in [0.1, 0.15) is 6.04 Å². The van der Waals surface area contributed by atoms with Crippen molar-refractivity contribution >= 4 is 50.4 Å². The fraction of sp³-hybridized carbons (Fsp3) is 0.286. The van der Waals surface area contributed by atoms with Crippen LogP contribution in [0.15, 0.2) is 28.1 Å². The van der Waals surface area contributed by atoms with Crippen LogP contribution in [0.5, 0.6) is 0 Å². The molecule has 1 aliphatic rings. The SMILES string of the molecule is C[C@@H]1C(=O)NCCN1C(=O)c1ccc(-c2ccc(Br)s2)s1. The van der Waals surface area contributed by atoms with Gasteiger partial charge < -0.3 is 10.2 Å². The average Bonchev–Trinajstić information content (AvgIpc) is 3.09. The molecule has 1 aliphatic heterocycles. The maximum atomic E-state index is 12.6. The lowest BCUT2D eigenvalue weighted by molar-refractivity contribution is -0.127. The average molecular weight is 385 g/mol. The summed E-state index contributed by atoms with van der Waals surface area (Å²) in [6.07, 6.45) is 0. The highest BCUT2D eigenvalue weighted by Gasteiger charge is 2.30. The number of thiophene rings is 2. The van der Waals surface area contributed by atoms with Crippen molar-refractivity contribution < 1.29 is 9.59 Å². The zero-order valence-electron chi connectivity index (χ0n) is 11.3. The summed E-state index contributed by atoms with van der Waals surface area (Å²) < 4.78 is 1.07. The Kier molecular flexibility index (Phi) is 4.14. The molecule has 0 unspecified atom stereocenters. The fourth-order valence-corrected chi connectivity index (χ4v) is 4.67. The monoisotopic (exact) mass is 384 g/mol. The Hall–Kier alpha value is -1.18. The number of piperazine rings is 1. The van der Waals surface area contributed by atoms with Crippen LogP contribution in [0.2, 0.25) is 0 Å². The van der Waals surface area contributed by atoms with Gasteiger partial charge in [-0.25, -0.2) is 0 Å². The minimum Gasteiger partial charge on any atom is -0.353 e. The van der Waals surface area contributed by atoms with Crippen LogP contribution in [0.25, 0.3) is 9.75 Å². The van der Waals surface area contributed by atoms with E-state index in [2.05, 4.69) is 21.2 Å². The van der Waals surface area contributed by atoms with Crippen LogP contribution >= 0.6 is 38.6 Å². The normalized spacial score (nSPS) is 18.7. The second-order valence-corrected chi connectivity index (χ2v) is 8.28. The molecule has 0 aromatic carbocycles. The van der Waals surface area contributed by atoms with Gasteiger partial charge in [0.2, 0.25) is 5.91 Å². The van der Waals surface area contributed by atoms with Crippen LogP contribution < -0.4 is 5.32 Å². The van der Waals surface area contributed by atoms with Crippen LogP contribution in [0.1, 0.15) is 16.6 Å². The first-order chi connectivity index (χ1) is 10.1.